The van der Waals surface area contributed by atoms with Crippen LogP contribution in [0.1, 0.15) is 36.0 Å². The summed E-state index contributed by atoms with van der Waals surface area (Å²) in [5, 5.41) is 1.03. The summed E-state index contributed by atoms with van der Waals surface area (Å²) in [6.07, 6.45) is 1.14. The van der Waals surface area contributed by atoms with Gasteiger partial charge < -0.3 is 4.74 Å². The molecule has 0 bridgehead atoms. The Balaban J connectivity index is 3.09. The fourth-order valence-corrected chi connectivity index (χ4v) is 2.38. The Hall–Kier alpha value is -0.500. The maximum atomic E-state index is 5.43. The zero-order valence-electron chi connectivity index (χ0n) is 9.93. The van der Waals surface area contributed by atoms with Crippen molar-refractivity contribution in [2.75, 3.05) is 12.4 Å². The molecule has 0 amide bonds. The summed E-state index contributed by atoms with van der Waals surface area (Å²) in [7, 11) is 1.74. The quantitative estimate of drug-likeness (QED) is 0.746. The first-order valence-corrected chi connectivity index (χ1v) is 6.43. The van der Waals surface area contributed by atoms with Crippen LogP contribution in [0, 0.1) is 13.8 Å². The van der Waals surface area contributed by atoms with Crippen LogP contribution in [0.15, 0.2) is 12.1 Å². The van der Waals surface area contributed by atoms with Gasteiger partial charge in [-0.05, 0) is 48.9 Å². The molecule has 0 aliphatic carbocycles. The summed E-state index contributed by atoms with van der Waals surface area (Å²) in [5.74, 6) is 1.56. The molecule has 1 unspecified atom stereocenters. The first-order valence-electron chi connectivity index (χ1n) is 5.31. The van der Waals surface area contributed by atoms with Crippen molar-refractivity contribution in [1.82, 2.24) is 0 Å². The first-order chi connectivity index (χ1) is 7.10. The lowest BCUT2D eigenvalue weighted by molar-refractivity contribution is 0.405. The van der Waals surface area contributed by atoms with Gasteiger partial charge in [0, 0.05) is 5.33 Å². The predicted octanol–water partition coefficient (Wildman–Crippen LogP) is 4.20. The number of rotatable bonds is 4. The highest BCUT2D eigenvalue weighted by molar-refractivity contribution is 9.09. The molecule has 0 aromatic heterocycles. The third-order valence-corrected chi connectivity index (χ3v) is 3.38. The second-order valence-corrected chi connectivity index (χ2v) is 4.85. The van der Waals surface area contributed by atoms with E-state index >= 15 is 0 Å². The zero-order chi connectivity index (χ0) is 11.4. The largest absolute Gasteiger partial charge is 0.496 e. The van der Waals surface area contributed by atoms with Gasteiger partial charge in [0.25, 0.3) is 0 Å². The summed E-state index contributed by atoms with van der Waals surface area (Å²) in [4.78, 5) is 0. The van der Waals surface area contributed by atoms with Gasteiger partial charge in [-0.25, -0.2) is 0 Å². The van der Waals surface area contributed by atoms with Crippen LogP contribution in [0.25, 0.3) is 0 Å². The highest BCUT2D eigenvalue weighted by Gasteiger charge is 2.12. The van der Waals surface area contributed by atoms with Gasteiger partial charge >= 0.3 is 0 Å². The minimum atomic E-state index is 0.540. The third-order valence-electron chi connectivity index (χ3n) is 2.92. The number of hydrogen-bond acceptors (Lipinski definition) is 1. The van der Waals surface area contributed by atoms with Crippen LogP contribution in [0.4, 0.5) is 0 Å². The molecule has 15 heavy (non-hydrogen) atoms. The van der Waals surface area contributed by atoms with Crippen molar-refractivity contribution < 1.29 is 4.74 Å². The van der Waals surface area contributed by atoms with Crippen LogP contribution >= 0.6 is 15.9 Å². The number of methoxy groups -OCH3 is 1. The molecule has 0 radical (unpaired) electrons. The van der Waals surface area contributed by atoms with E-state index in [9.17, 15) is 0 Å². The summed E-state index contributed by atoms with van der Waals surface area (Å²) >= 11 is 3.49. The molecule has 0 saturated heterocycles. The SMILES string of the molecule is COc1cc(C)c(C)cc1C(C)CCBr. The van der Waals surface area contributed by atoms with Crippen molar-refractivity contribution in [3.63, 3.8) is 0 Å². The number of alkyl halides is 1. The highest BCUT2D eigenvalue weighted by atomic mass is 79.9. The van der Waals surface area contributed by atoms with Gasteiger partial charge in [0.2, 0.25) is 0 Å². The molecule has 0 aliphatic heterocycles. The molecule has 1 rings (SSSR count). The number of ether oxygens (including phenoxy) is 1. The standard InChI is InChI=1S/C13H19BrO/c1-9(5-6-14)12-7-10(2)11(3)8-13(12)15-4/h7-9H,5-6H2,1-4H3. The van der Waals surface area contributed by atoms with Crippen molar-refractivity contribution in [2.24, 2.45) is 0 Å². The molecule has 0 aliphatic rings. The van der Waals surface area contributed by atoms with E-state index in [0.29, 0.717) is 5.92 Å². The van der Waals surface area contributed by atoms with E-state index in [0.717, 1.165) is 17.5 Å². The van der Waals surface area contributed by atoms with E-state index in [1.54, 1.807) is 7.11 Å². The zero-order valence-corrected chi connectivity index (χ0v) is 11.5. The molecular formula is C13H19BrO. The van der Waals surface area contributed by atoms with Gasteiger partial charge in [-0.2, -0.15) is 0 Å². The van der Waals surface area contributed by atoms with Crippen molar-refractivity contribution >= 4 is 15.9 Å². The Morgan fingerprint density at radius 3 is 2.40 bits per heavy atom. The minimum absolute atomic E-state index is 0.540. The maximum Gasteiger partial charge on any atom is 0.122 e. The summed E-state index contributed by atoms with van der Waals surface area (Å²) in [5.41, 5.74) is 3.95. The van der Waals surface area contributed by atoms with Gasteiger partial charge in [-0.15, -0.1) is 0 Å². The van der Waals surface area contributed by atoms with Crippen LogP contribution in [-0.4, -0.2) is 12.4 Å². The van der Waals surface area contributed by atoms with Gasteiger partial charge in [-0.1, -0.05) is 28.9 Å². The Bertz CT molecular complexity index is 334. The Labute approximate surface area is 101 Å². The Morgan fingerprint density at radius 1 is 1.27 bits per heavy atom. The molecule has 1 nitrogen and oxygen atoms in total. The van der Waals surface area contributed by atoms with E-state index in [1.807, 2.05) is 0 Å². The monoisotopic (exact) mass is 270 g/mol. The van der Waals surface area contributed by atoms with Gasteiger partial charge in [0.15, 0.2) is 0 Å². The van der Waals surface area contributed by atoms with E-state index in [2.05, 4.69) is 48.8 Å². The molecule has 0 saturated carbocycles. The second-order valence-electron chi connectivity index (χ2n) is 4.06. The molecule has 2 heteroatoms. The normalized spacial score (nSPS) is 12.6. The van der Waals surface area contributed by atoms with E-state index in [1.165, 1.54) is 16.7 Å². The van der Waals surface area contributed by atoms with Crippen molar-refractivity contribution in [1.29, 1.82) is 0 Å². The lowest BCUT2D eigenvalue weighted by Crippen LogP contribution is -2.00. The topological polar surface area (TPSA) is 9.23 Å². The van der Waals surface area contributed by atoms with Crippen LogP contribution in [-0.2, 0) is 0 Å². The molecule has 0 heterocycles. The Morgan fingerprint density at radius 2 is 1.87 bits per heavy atom. The molecule has 1 aromatic rings. The number of aryl methyl sites for hydroxylation is 2. The first kappa shape index (κ1) is 12.6. The molecule has 0 fully saturated rings. The number of halogens is 1. The molecule has 1 aromatic carbocycles. The molecule has 0 spiro atoms. The highest BCUT2D eigenvalue weighted by Crippen LogP contribution is 2.31. The van der Waals surface area contributed by atoms with Gasteiger partial charge in [0.1, 0.15) is 5.75 Å². The van der Waals surface area contributed by atoms with E-state index in [4.69, 9.17) is 4.74 Å². The van der Waals surface area contributed by atoms with Crippen molar-refractivity contribution in [3.8, 4) is 5.75 Å². The summed E-state index contributed by atoms with van der Waals surface area (Å²) < 4.78 is 5.43. The lowest BCUT2D eigenvalue weighted by Gasteiger charge is -2.16. The predicted molar refractivity (Wildman–Crippen MR) is 69.3 cm³/mol. The van der Waals surface area contributed by atoms with Crippen LogP contribution < -0.4 is 4.74 Å². The third kappa shape index (κ3) is 2.97. The molecule has 0 N–H and O–H groups in total. The number of hydrogen-bond donors (Lipinski definition) is 0. The van der Waals surface area contributed by atoms with Crippen LogP contribution in [0.2, 0.25) is 0 Å². The average Bonchev–Trinajstić information content (AvgIpc) is 2.21. The average molecular weight is 271 g/mol. The van der Waals surface area contributed by atoms with Gasteiger partial charge in [-0.3, -0.25) is 0 Å². The van der Waals surface area contributed by atoms with Crippen molar-refractivity contribution in [3.05, 3.63) is 28.8 Å². The fraction of sp³-hybridized carbons (Fsp3) is 0.538. The Kier molecular flexibility index (Phi) is 4.65. The number of benzene rings is 1. The van der Waals surface area contributed by atoms with Gasteiger partial charge in [0.05, 0.1) is 7.11 Å². The second kappa shape index (κ2) is 5.55. The van der Waals surface area contributed by atoms with Crippen LogP contribution in [0.3, 0.4) is 0 Å². The minimum Gasteiger partial charge on any atom is -0.496 e. The molecule has 1 atom stereocenters. The van der Waals surface area contributed by atoms with Crippen LogP contribution in [0.5, 0.6) is 5.75 Å². The van der Waals surface area contributed by atoms with Crippen molar-refractivity contribution in [2.45, 2.75) is 33.1 Å². The summed E-state index contributed by atoms with van der Waals surface area (Å²) in [6, 6.07) is 4.39. The fourth-order valence-electron chi connectivity index (χ4n) is 1.69. The van der Waals surface area contributed by atoms with E-state index in [-0.39, 0.29) is 0 Å². The molecular weight excluding hydrogens is 252 g/mol. The smallest absolute Gasteiger partial charge is 0.122 e. The van der Waals surface area contributed by atoms with E-state index < -0.39 is 0 Å². The lowest BCUT2D eigenvalue weighted by atomic mass is 9.94. The molecule has 84 valence electrons. The summed E-state index contributed by atoms with van der Waals surface area (Å²) in [6.45, 7) is 6.52. The maximum absolute atomic E-state index is 5.43.